The molecule has 2 N–H and O–H groups in total. The van der Waals surface area contributed by atoms with Gasteiger partial charge >= 0.3 is 0 Å². The van der Waals surface area contributed by atoms with Crippen molar-refractivity contribution < 1.29 is 0 Å². The molecule has 0 aliphatic carbocycles. The Labute approximate surface area is 118 Å². The van der Waals surface area contributed by atoms with E-state index in [0.29, 0.717) is 16.9 Å². The highest BCUT2D eigenvalue weighted by Gasteiger charge is 2.12. The third kappa shape index (κ3) is 3.36. The van der Waals surface area contributed by atoms with Crippen molar-refractivity contribution in [1.29, 1.82) is 0 Å². The predicted molar refractivity (Wildman–Crippen MR) is 78.7 cm³/mol. The second kappa shape index (κ2) is 5.75. The van der Waals surface area contributed by atoms with Crippen LogP contribution in [-0.4, -0.2) is 34.2 Å². The Morgan fingerprint density at radius 1 is 1.42 bits per heavy atom. The first-order valence-corrected chi connectivity index (χ1v) is 6.84. The summed E-state index contributed by atoms with van der Waals surface area (Å²) in [6.07, 6.45) is 2.67. The third-order valence-corrected chi connectivity index (χ3v) is 3.50. The summed E-state index contributed by atoms with van der Waals surface area (Å²) in [5.74, 6) is 1.18. The summed E-state index contributed by atoms with van der Waals surface area (Å²) in [5, 5.41) is 5.05. The second-order valence-electron chi connectivity index (χ2n) is 5.18. The lowest BCUT2D eigenvalue weighted by atomic mass is 10.0. The number of aromatic nitrogens is 3. The maximum absolute atomic E-state index is 6.05. The molecule has 6 heteroatoms. The summed E-state index contributed by atoms with van der Waals surface area (Å²) in [6.45, 7) is 5.11. The summed E-state index contributed by atoms with van der Waals surface area (Å²) < 4.78 is 1.69. The van der Waals surface area contributed by atoms with Crippen LogP contribution in [0.2, 0.25) is 5.02 Å². The standard InChI is InChI=1S/C13H20ClN5/c1-9(2)11(15)6-7-18(3)13-16-12-5-4-10(14)8-19(12)17-13/h4-5,8-9,11H,6-7,15H2,1-3H3. The molecule has 0 aromatic carbocycles. The van der Waals surface area contributed by atoms with Gasteiger partial charge in [-0.15, -0.1) is 5.10 Å². The molecule has 2 aromatic heterocycles. The van der Waals surface area contributed by atoms with E-state index in [4.69, 9.17) is 17.3 Å². The van der Waals surface area contributed by atoms with E-state index < -0.39 is 0 Å². The van der Waals surface area contributed by atoms with Gasteiger partial charge in [0.15, 0.2) is 5.65 Å². The molecular weight excluding hydrogens is 262 g/mol. The molecule has 0 fully saturated rings. The summed E-state index contributed by atoms with van der Waals surface area (Å²) in [5.41, 5.74) is 6.84. The van der Waals surface area contributed by atoms with Gasteiger partial charge in [0.25, 0.3) is 0 Å². The normalized spacial score (nSPS) is 13.2. The van der Waals surface area contributed by atoms with E-state index in [2.05, 4.69) is 23.9 Å². The highest BCUT2D eigenvalue weighted by atomic mass is 35.5. The lowest BCUT2D eigenvalue weighted by molar-refractivity contribution is 0.465. The van der Waals surface area contributed by atoms with E-state index in [9.17, 15) is 0 Å². The topological polar surface area (TPSA) is 59.5 Å². The number of nitrogens with two attached hydrogens (primary N) is 1. The summed E-state index contributed by atoms with van der Waals surface area (Å²) in [6, 6.07) is 3.87. The van der Waals surface area contributed by atoms with Gasteiger partial charge in [0.1, 0.15) is 0 Å². The number of halogens is 1. The van der Waals surface area contributed by atoms with Gasteiger partial charge in [-0.1, -0.05) is 25.4 Å². The van der Waals surface area contributed by atoms with Crippen LogP contribution in [0.15, 0.2) is 18.3 Å². The molecule has 0 aliphatic heterocycles. The molecule has 0 saturated carbocycles. The Morgan fingerprint density at radius 2 is 2.16 bits per heavy atom. The van der Waals surface area contributed by atoms with Crippen molar-refractivity contribution in [3.05, 3.63) is 23.4 Å². The summed E-state index contributed by atoms with van der Waals surface area (Å²) >= 11 is 5.93. The van der Waals surface area contributed by atoms with Gasteiger partial charge in [0.2, 0.25) is 5.95 Å². The Kier molecular flexibility index (Phi) is 4.27. The molecule has 19 heavy (non-hydrogen) atoms. The van der Waals surface area contributed by atoms with Crippen LogP contribution >= 0.6 is 11.6 Å². The number of pyridine rings is 1. The minimum absolute atomic E-state index is 0.203. The quantitative estimate of drug-likeness (QED) is 0.913. The Bertz CT molecular complexity index is 551. The SMILES string of the molecule is CC(C)C(N)CCN(C)c1nc2ccc(Cl)cn2n1. The van der Waals surface area contributed by atoms with Crippen LogP contribution in [0.3, 0.4) is 0 Å². The Balaban J connectivity index is 2.07. The van der Waals surface area contributed by atoms with Gasteiger partial charge in [0, 0.05) is 25.8 Å². The van der Waals surface area contributed by atoms with E-state index in [1.165, 1.54) is 0 Å². The number of hydrogen-bond donors (Lipinski definition) is 1. The zero-order valence-electron chi connectivity index (χ0n) is 11.5. The van der Waals surface area contributed by atoms with Crippen LogP contribution < -0.4 is 10.6 Å². The molecule has 1 unspecified atom stereocenters. The molecule has 0 spiro atoms. The first-order chi connectivity index (χ1) is 8.97. The number of nitrogens with zero attached hydrogens (tertiary/aromatic N) is 4. The lowest BCUT2D eigenvalue weighted by Gasteiger charge is -2.20. The minimum atomic E-state index is 0.203. The predicted octanol–water partition coefficient (Wildman–Crippen LogP) is 2.19. The summed E-state index contributed by atoms with van der Waals surface area (Å²) in [4.78, 5) is 6.47. The highest BCUT2D eigenvalue weighted by Crippen LogP contribution is 2.14. The number of fused-ring (bicyclic) bond motifs is 1. The molecule has 0 saturated heterocycles. The van der Waals surface area contributed by atoms with Gasteiger partial charge in [-0.05, 0) is 24.5 Å². The largest absolute Gasteiger partial charge is 0.343 e. The van der Waals surface area contributed by atoms with Crippen LogP contribution in [0, 0.1) is 5.92 Å². The average Bonchev–Trinajstić information content (AvgIpc) is 2.78. The fourth-order valence-electron chi connectivity index (χ4n) is 1.78. The van der Waals surface area contributed by atoms with Crippen molar-refractivity contribution in [2.75, 3.05) is 18.5 Å². The molecule has 0 aliphatic rings. The first-order valence-electron chi connectivity index (χ1n) is 6.46. The zero-order valence-corrected chi connectivity index (χ0v) is 12.3. The van der Waals surface area contributed by atoms with Crippen LogP contribution in [0.5, 0.6) is 0 Å². The molecule has 2 rings (SSSR count). The van der Waals surface area contributed by atoms with Crippen LogP contribution in [0.25, 0.3) is 5.65 Å². The van der Waals surface area contributed by atoms with Crippen molar-refractivity contribution in [2.24, 2.45) is 11.7 Å². The third-order valence-electron chi connectivity index (χ3n) is 3.28. The molecular formula is C13H20ClN5. The maximum atomic E-state index is 6.05. The van der Waals surface area contributed by atoms with Crippen LogP contribution in [0.1, 0.15) is 20.3 Å². The van der Waals surface area contributed by atoms with Crippen LogP contribution in [0.4, 0.5) is 5.95 Å². The highest BCUT2D eigenvalue weighted by molar-refractivity contribution is 6.30. The maximum Gasteiger partial charge on any atom is 0.245 e. The fourth-order valence-corrected chi connectivity index (χ4v) is 1.94. The zero-order chi connectivity index (χ0) is 14.0. The second-order valence-corrected chi connectivity index (χ2v) is 5.62. The minimum Gasteiger partial charge on any atom is -0.343 e. The fraction of sp³-hybridized carbons (Fsp3) is 0.538. The van der Waals surface area contributed by atoms with E-state index >= 15 is 0 Å². The molecule has 2 heterocycles. The van der Waals surface area contributed by atoms with Crippen molar-refractivity contribution in [1.82, 2.24) is 14.6 Å². The van der Waals surface area contributed by atoms with Gasteiger partial charge in [-0.3, -0.25) is 0 Å². The number of hydrogen-bond acceptors (Lipinski definition) is 4. The number of rotatable bonds is 5. The van der Waals surface area contributed by atoms with Crippen molar-refractivity contribution in [3.8, 4) is 0 Å². The van der Waals surface area contributed by atoms with E-state index in [-0.39, 0.29) is 6.04 Å². The molecule has 0 bridgehead atoms. The molecule has 1 atom stereocenters. The molecule has 5 nitrogen and oxygen atoms in total. The van der Waals surface area contributed by atoms with Crippen LogP contribution in [-0.2, 0) is 0 Å². The monoisotopic (exact) mass is 281 g/mol. The molecule has 0 amide bonds. The van der Waals surface area contributed by atoms with Gasteiger partial charge in [0.05, 0.1) is 5.02 Å². The number of anilines is 1. The summed E-state index contributed by atoms with van der Waals surface area (Å²) in [7, 11) is 1.98. The molecule has 104 valence electrons. The molecule has 2 aromatic rings. The van der Waals surface area contributed by atoms with Gasteiger partial charge in [-0.2, -0.15) is 4.98 Å². The van der Waals surface area contributed by atoms with Gasteiger partial charge < -0.3 is 10.6 Å². The van der Waals surface area contributed by atoms with E-state index in [0.717, 1.165) is 18.6 Å². The van der Waals surface area contributed by atoms with Crippen molar-refractivity contribution in [2.45, 2.75) is 26.3 Å². The van der Waals surface area contributed by atoms with Crippen molar-refractivity contribution in [3.63, 3.8) is 0 Å². The molecule has 0 radical (unpaired) electrons. The lowest BCUT2D eigenvalue weighted by Crippen LogP contribution is -2.32. The first kappa shape index (κ1) is 14.1. The average molecular weight is 282 g/mol. The Morgan fingerprint density at radius 3 is 2.84 bits per heavy atom. The van der Waals surface area contributed by atoms with E-state index in [1.54, 1.807) is 10.7 Å². The van der Waals surface area contributed by atoms with Gasteiger partial charge in [-0.25, -0.2) is 4.52 Å². The van der Waals surface area contributed by atoms with E-state index in [1.807, 2.05) is 24.1 Å². The Hall–Kier alpha value is -1.33. The van der Waals surface area contributed by atoms with Crippen molar-refractivity contribution >= 4 is 23.2 Å². The smallest absolute Gasteiger partial charge is 0.245 e.